The van der Waals surface area contributed by atoms with Gasteiger partial charge in [-0.15, -0.1) is 0 Å². The molecule has 126 valence electrons. The van der Waals surface area contributed by atoms with E-state index in [-0.39, 0.29) is 0 Å². The summed E-state index contributed by atoms with van der Waals surface area (Å²) in [5.41, 5.74) is 0. The van der Waals surface area contributed by atoms with Crippen molar-refractivity contribution < 1.29 is 9.47 Å². The lowest BCUT2D eigenvalue weighted by Gasteiger charge is -2.18. The minimum absolute atomic E-state index is 0.498. The van der Waals surface area contributed by atoms with Crippen molar-refractivity contribution in [1.29, 1.82) is 0 Å². The minimum Gasteiger partial charge on any atom is -0.475 e. The minimum atomic E-state index is 0.498. The van der Waals surface area contributed by atoms with Gasteiger partial charge in [0, 0.05) is 26.1 Å². The Morgan fingerprint density at radius 2 is 1.91 bits per heavy atom. The molecule has 0 aliphatic rings. The molecule has 0 saturated carbocycles. The summed E-state index contributed by atoms with van der Waals surface area (Å²) in [5.74, 6) is 2.23. The molecule has 0 aliphatic carbocycles. The molecule has 0 aromatic carbocycles. The molecule has 22 heavy (non-hydrogen) atoms. The van der Waals surface area contributed by atoms with Crippen molar-refractivity contribution in [2.24, 2.45) is 0 Å². The van der Waals surface area contributed by atoms with Crippen LogP contribution in [0.4, 0.5) is 5.82 Å². The Hall–Kier alpha value is -1.40. The molecule has 0 spiro atoms. The van der Waals surface area contributed by atoms with Crippen LogP contribution < -0.4 is 10.1 Å². The van der Waals surface area contributed by atoms with Crippen LogP contribution in [0.3, 0.4) is 0 Å². The molecule has 6 heteroatoms. The van der Waals surface area contributed by atoms with Gasteiger partial charge in [0.05, 0.1) is 6.61 Å². The van der Waals surface area contributed by atoms with Crippen molar-refractivity contribution in [1.82, 2.24) is 14.9 Å². The smallest absolute Gasteiger partial charge is 0.218 e. The molecule has 0 bridgehead atoms. The van der Waals surface area contributed by atoms with Gasteiger partial charge >= 0.3 is 0 Å². The molecule has 0 aliphatic heterocycles. The first-order valence-corrected chi connectivity index (χ1v) is 8.19. The average molecular weight is 310 g/mol. The van der Waals surface area contributed by atoms with Gasteiger partial charge in [0.25, 0.3) is 0 Å². The lowest BCUT2D eigenvalue weighted by atomic mass is 10.3. The maximum absolute atomic E-state index is 5.58. The summed E-state index contributed by atoms with van der Waals surface area (Å²) in [5, 5.41) is 3.36. The fourth-order valence-electron chi connectivity index (χ4n) is 2.08. The second kappa shape index (κ2) is 11.2. The SMILES string of the molecule is CCc1nc(NCCCN(CC)CC)cc(OCCOC)n1. The Labute approximate surface area is 134 Å². The zero-order valence-corrected chi connectivity index (χ0v) is 14.4. The first-order chi connectivity index (χ1) is 10.7. The van der Waals surface area contributed by atoms with Crippen molar-refractivity contribution in [3.05, 3.63) is 11.9 Å². The summed E-state index contributed by atoms with van der Waals surface area (Å²) < 4.78 is 10.6. The van der Waals surface area contributed by atoms with Crippen LogP contribution in [-0.2, 0) is 11.2 Å². The van der Waals surface area contributed by atoms with Gasteiger partial charge in [-0.2, -0.15) is 4.98 Å². The highest BCUT2D eigenvalue weighted by Gasteiger charge is 2.05. The van der Waals surface area contributed by atoms with Gasteiger partial charge in [0.1, 0.15) is 18.2 Å². The zero-order valence-electron chi connectivity index (χ0n) is 14.4. The first-order valence-electron chi connectivity index (χ1n) is 8.19. The van der Waals surface area contributed by atoms with Crippen molar-refractivity contribution in [2.75, 3.05) is 51.8 Å². The van der Waals surface area contributed by atoms with E-state index >= 15 is 0 Å². The van der Waals surface area contributed by atoms with Crippen LogP contribution in [0.2, 0.25) is 0 Å². The van der Waals surface area contributed by atoms with Crippen molar-refractivity contribution in [3.8, 4) is 5.88 Å². The third-order valence-corrected chi connectivity index (χ3v) is 3.45. The van der Waals surface area contributed by atoms with Crippen LogP contribution in [0.5, 0.6) is 5.88 Å². The molecular weight excluding hydrogens is 280 g/mol. The van der Waals surface area contributed by atoms with Gasteiger partial charge < -0.3 is 19.7 Å². The van der Waals surface area contributed by atoms with Crippen molar-refractivity contribution >= 4 is 5.82 Å². The molecule has 0 saturated heterocycles. The third kappa shape index (κ3) is 7.04. The van der Waals surface area contributed by atoms with Gasteiger partial charge in [0.2, 0.25) is 5.88 Å². The summed E-state index contributed by atoms with van der Waals surface area (Å²) in [6, 6.07) is 1.85. The number of ether oxygens (including phenoxy) is 2. The fraction of sp³-hybridized carbons (Fsp3) is 0.750. The lowest BCUT2D eigenvalue weighted by molar-refractivity contribution is 0.143. The first kappa shape index (κ1) is 18.6. The van der Waals surface area contributed by atoms with E-state index in [0.717, 1.165) is 50.7 Å². The van der Waals surface area contributed by atoms with Crippen LogP contribution in [0, 0.1) is 0 Å². The van der Waals surface area contributed by atoms with Crippen LogP contribution >= 0.6 is 0 Å². The van der Waals surface area contributed by atoms with E-state index in [0.29, 0.717) is 19.1 Å². The molecule has 1 aromatic heterocycles. The zero-order chi connectivity index (χ0) is 16.2. The monoisotopic (exact) mass is 310 g/mol. The van der Waals surface area contributed by atoms with E-state index in [1.807, 2.05) is 13.0 Å². The van der Waals surface area contributed by atoms with Crippen LogP contribution in [0.25, 0.3) is 0 Å². The molecule has 0 unspecified atom stereocenters. The fourth-order valence-corrected chi connectivity index (χ4v) is 2.08. The third-order valence-electron chi connectivity index (χ3n) is 3.45. The van der Waals surface area contributed by atoms with Gasteiger partial charge in [-0.25, -0.2) is 4.98 Å². The highest BCUT2D eigenvalue weighted by molar-refractivity contribution is 5.38. The molecule has 1 N–H and O–H groups in total. The van der Waals surface area contributed by atoms with Crippen LogP contribution in [0.1, 0.15) is 33.0 Å². The molecule has 0 amide bonds. The predicted molar refractivity (Wildman–Crippen MR) is 89.7 cm³/mol. The molecule has 6 nitrogen and oxygen atoms in total. The number of anilines is 1. The molecule has 1 heterocycles. The number of rotatable bonds is 12. The number of hydrogen-bond donors (Lipinski definition) is 1. The molecule has 0 fully saturated rings. The summed E-state index contributed by atoms with van der Waals surface area (Å²) >= 11 is 0. The van der Waals surface area contributed by atoms with Crippen LogP contribution in [0.15, 0.2) is 6.07 Å². The average Bonchev–Trinajstić information content (AvgIpc) is 2.55. The topological polar surface area (TPSA) is 59.5 Å². The highest BCUT2D eigenvalue weighted by atomic mass is 16.5. The van der Waals surface area contributed by atoms with E-state index in [1.165, 1.54) is 0 Å². The number of methoxy groups -OCH3 is 1. The maximum atomic E-state index is 5.58. The number of hydrogen-bond acceptors (Lipinski definition) is 6. The van der Waals surface area contributed by atoms with Gasteiger partial charge in [-0.1, -0.05) is 20.8 Å². The Bertz CT molecular complexity index is 411. The van der Waals surface area contributed by atoms with Crippen LogP contribution in [-0.4, -0.2) is 61.4 Å². The van der Waals surface area contributed by atoms with E-state index in [9.17, 15) is 0 Å². The Morgan fingerprint density at radius 1 is 1.14 bits per heavy atom. The van der Waals surface area contributed by atoms with E-state index in [4.69, 9.17) is 9.47 Å². The summed E-state index contributed by atoms with van der Waals surface area (Å²) in [6.45, 7) is 11.7. The Morgan fingerprint density at radius 3 is 2.55 bits per heavy atom. The normalized spacial score (nSPS) is 11.0. The molecule has 0 atom stereocenters. The number of aromatic nitrogens is 2. The second-order valence-electron chi connectivity index (χ2n) is 5.01. The van der Waals surface area contributed by atoms with Crippen molar-refractivity contribution in [2.45, 2.75) is 33.6 Å². The molecule has 0 radical (unpaired) electrons. The largest absolute Gasteiger partial charge is 0.475 e. The summed E-state index contributed by atoms with van der Waals surface area (Å²) in [7, 11) is 1.66. The van der Waals surface area contributed by atoms with Gasteiger partial charge in [-0.3, -0.25) is 0 Å². The van der Waals surface area contributed by atoms with Gasteiger partial charge in [-0.05, 0) is 26.1 Å². The second-order valence-corrected chi connectivity index (χ2v) is 5.01. The highest BCUT2D eigenvalue weighted by Crippen LogP contribution is 2.14. The van der Waals surface area contributed by atoms with Gasteiger partial charge in [0.15, 0.2) is 0 Å². The lowest BCUT2D eigenvalue weighted by Crippen LogP contribution is -2.25. The maximum Gasteiger partial charge on any atom is 0.218 e. The van der Waals surface area contributed by atoms with E-state index in [2.05, 4.69) is 34.0 Å². The Kier molecular flexibility index (Phi) is 9.50. The van der Waals surface area contributed by atoms with Crippen molar-refractivity contribution in [3.63, 3.8) is 0 Å². The molecule has 1 rings (SSSR count). The Balaban J connectivity index is 2.48. The molecule has 1 aromatic rings. The summed E-state index contributed by atoms with van der Waals surface area (Å²) in [6.07, 6.45) is 1.88. The number of nitrogens with zero attached hydrogens (tertiary/aromatic N) is 3. The predicted octanol–water partition coefficient (Wildman–Crippen LogP) is 2.21. The van der Waals surface area contributed by atoms with E-state index in [1.54, 1.807) is 7.11 Å². The molecular formula is C16H30N4O2. The standard InChI is InChI=1S/C16H30N4O2/c1-5-14-18-15(13-16(19-14)22-12-11-21-4)17-9-8-10-20(6-2)7-3/h13H,5-12H2,1-4H3,(H,17,18,19). The quantitative estimate of drug-likeness (QED) is 0.597. The number of aryl methyl sites for hydroxylation is 1. The summed E-state index contributed by atoms with van der Waals surface area (Å²) in [4.78, 5) is 11.3. The number of nitrogens with one attached hydrogen (secondary N) is 1. The van der Waals surface area contributed by atoms with E-state index < -0.39 is 0 Å².